The predicted molar refractivity (Wildman–Crippen MR) is 79.3 cm³/mol. The molecule has 0 heterocycles. The highest BCUT2D eigenvalue weighted by molar-refractivity contribution is 5.75. The van der Waals surface area contributed by atoms with Crippen molar-refractivity contribution >= 4 is 12.0 Å². The van der Waals surface area contributed by atoms with Crippen LogP contribution in [0.15, 0.2) is 24.3 Å². The molecule has 0 saturated heterocycles. The van der Waals surface area contributed by atoms with Crippen LogP contribution in [0, 0.1) is 0 Å². The molecule has 1 aromatic carbocycles. The van der Waals surface area contributed by atoms with Crippen molar-refractivity contribution in [2.75, 3.05) is 20.2 Å². The quantitative estimate of drug-likeness (QED) is 0.756. The average Bonchev–Trinajstić information content (AvgIpc) is 2.50. The second-order valence-electron chi connectivity index (χ2n) is 5.15. The minimum atomic E-state index is -4.35. The Morgan fingerprint density at radius 1 is 1.21 bits per heavy atom. The number of nitrogens with one attached hydrogen (secondary N) is 1. The summed E-state index contributed by atoms with van der Waals surface area (Å²) in [6.07, 6.45) is -4.49. The van der Waals surface area contributed by atoms with Gasteiger partial charge in [0.15, 0.2) is 0 Å². The Labute approximate surface area is 137 Å². The van der Waals surface area contributed by atoms with E-state index in [0.29, 0.717) is 5.56 Å². The summed E-state index contributed by atoms with van der Waals surface area (Å²) in [4.78, 5) is 23.4. The fourth-order valence-electron chi connectivity index (χ4n) is 1.72. The molecule has 0 spiro atoms. The molecule has 1 aromatic rings. The lowest BCUT2D eigenvalue weighted by molar-refractivity contribution is -0.176. The Bertz CT molecular complexity index is 547. The number of ether oxygens (including phenoxy) is 1. The highest BCUT2D eigenvalue weighted by Gasteiger charge is 2.27. The van der Waals surface area contributed by atoms with E-state index in [1.165, 1.54) is 11.9 Å². The number of urea groups is 1. The van der Waals surface area contributed by atoms with Crippen molar-refractivity contribution in [1.82, 2.24) is 10.2 Å². The molecule has 0 fully saturated rings. The van der Waals surface area contributed by atoms with Crippen LogP contribution in [0.2, 0.25) is 0 Å². The molecule has 0 bridgehead atoms. The number of carbonyl (C=O) groups excluding carboxylic acids is 1. The lowest BCUT2D eigenvalue weighted by Crippen LogP contribution is -2.37. The topological polar surface area (TPSA) is 78.9 Å². The molecule has 9 heteroatoms. The zero-order valence-corrected chi connectivity index (χ0v) is 13.1. The van der Waals surface area contributed by atoms with Crippen LogP contribution in [-0.4, -0.2) is 48.4 Å². The summed E-state index contributed by atoms with van der Waals surface area (Å²) < 4.78 is 40.4. The number of alkyl halides is 3. The molecule has 0 aromatic heterocycles. The Hall–Kier alpha value is -2.29. The largest absolute Gasteiger partial charge is 0.481 e. The lowest BCUT2D eigenvalue weighted by Gasteiger charge is -2.17. The number of aliphatic carboxylic acids is 1. The van der Waals surface area contributed by atoms with E-state index in [4.69, 9.17) is 5.11 Å². The van der Waals surface area contributed by atoms with Gasteiger partial charge in [0.05, 0.1) is 13.0 Å². The van der Waals surface area contributed by atoms with Crippen LogP contribution in [0.25, 0.3) is 0 Å². The van der Waals surface area contributed by atoms with E-state index in [2.05, 4.69) is 10.1 Å². The number of carboxylic acids is 1. The number of carbonyl (C=O) groups is 2. The molecule has 0 aliphatic rings. The van der Waals surface area contributed by atoms with Crippen LogP contribution in [0.5, 0.6) is 0 Å². The van der Waals surface area contributed by atoms with Crippen molar-refractivity contribution in [2.45, 2.75) is 25.7 Å². The Morgan fingerprint density at radius 3 is 2.33 bits per heavy atom. The third-order valence-corrected chi connectivity index (χ3v) is 3.01. The van der Waals surface area contributed by atoms with Gasteiger partial charge in [-0.05, 0) is 11.1 Å². The number of benzene rings is 1. The molecule has 0 saturated carbocycles. The number of rotatable bonds is 8. The van der Waals surface area contributed by atoms with E-state index in [9.17, 15) is 22.8 Å². The van der Waals surface area contributed by atoms with Gasteiger partial charge in [-0.25, -0.2) is 4.79 Å². The monoisotopic (exact) mass is 348 g/mol. The lowest BCUT2D eigenvalue weighted by atomic mass is 10.1. The first-order valence-corrected chi connectivity index (χ1v) is 7.10. The smallest absolute Gasteiger partial charge is 0.411 e. The molecule has 0 unspecified atom stereocenters. The maximum Gasteiger partial charge on any atom is 0.411 e. The summed E-state index contributed by atoms with van der Waals surface area (Å²) in [5, 5.41) is 11.2. The van der Waals surface area contributed by atoms with Gasteiger partial charge >= 0.3 is 18.2 Å². The SMILES string of the molecule is CN(CCC(=O)O)C(=O)NCc1ccc(COCC(F)(F)F)cc1. The van der Waals surface area contributed by atoms with Crippen LogP contribution in [0.3, 0.4) is 0 Å². The van der Waals surface area contributed by atoms with Crippen molar-refractivity contribution in [3.05, 3.63) is 35.4 Å². The van der Waals surface area contributed by atoms with Gasteiger partial charge in [-0.1, -0.05) is 24.3 Å². The van der Waals surface area contributed by atoms with E-state index >= 15 is 0 Å². The fourth-order valence-corrected chi connectivity index (χ4v) is 1.72. The zero-order valence-electron chi connectivity index (χ0n) is 13.1. The van der Waals surface area contributed by atoms with Crippen LogP contribution >= 0.6 is 0 Å². The molecule has 134 valence electrons. The summed E-state index contributed by atoms with van der Waals surface area (Å²) >= 11 is 0. The van der Waals surface area contributed by atoms with Gasteiger partial charge in [-0.3, -0.25) is 4.79 Å². The molecular weight excluding hydrogens is 329 g/mol. The highest BCUT2D eigenvalue weighted by atomic mass is 19.4. The van der Waals surface area contributed by atoms with Crippen molar-refractivity contribution in [3.63, 3.8) is 0 Å². The Kier molecular flexibility index (Phi) is 7.50. The molecule has 0 radical (unpaired) electrons. The van der Waals surface area contributed by atoms with Crippen LogP contribution in [0.4, 0.5) is 18.0 Å². The summed E-state index contributed by atoms with van der Waals surface area (Å²) in [6.45, 7) is -1.13. The predicted octanol–water partition coefficient (Wildman–Crippen LogP) is 2.38. The maximum atomic E-state index is 12.0. The van der Waals surface area contributed by atoms with Crippen LogP contribution in [-0.2, 0) is 22.7 Å². The normalized spacial score (nSPS) is 11.2. The molecule has 0 atom stereocenters. The highest BCUT2D eigenvalue weighted by Crippen LogP contribution is 2.15. The van der Waals surface area contributed by atoms with Gasteiger partial charge in [0, 0.05) is 20.1 Å². The Balaban J connectivity index is 2.36. The minimum Gasteiger partial charge on any atom is -0.481 e. The third kappa shape index (κ3) is 8.37. The molecule has 2 N–H and O–H groups in total. The van der Waals surface area contributed by atoms with Crippen molar-refractivity contribution in [3.8, 4) is 0 Å². The first-order chi connectivity index (χ1) is 11.2. The molecule has 1 rings (SSSR count). The summed E-state index contributed by atoms with van der Waals surface area (Å²) in [5.41, 5.74) is 1.35. The standard InChI is InChI=1S/C15H19F3N2O4/c1-20(7-6-13(21)22)14(23)19-8-11-2-4-12(5-3-11)9-24-10-15(16,17)18/h2-5H,6-10H2,1H3,(H,19,23)(H,21,22). The second-order valence-corrected chi connectivity index (χ2v) is 5.15. The molecule has 6 nitrogen and oxygen atoms in total. The van der Waals surface area contributed by atoms with Gasteiger partial charge in [0.2, 0.25) is 0 Å². The van der Waals surface area contributed by atoms with Gasteiger partial charge in [-0.2, -0.15) is 13.2 Å². The van der Waals surface area contributed by atoms with E-state index < -0.39 is 24.8 Å². The van der Waals surface area contributed by atoms with E-state index in [1.54, 1.807) is 24.3 Å². The van der Waals surface area contributed by atoms with Gasteiger partial charge in [-0.15, -0.1) is 0 Å². The fraction of sp³-hybridized carbons (Fsp3) is 0.467. The van der Waals surface area contributed by atoms with Crippen molar-refractivity contribution in [2.24, 2.45) is 0 Å². The number of carboxylic acid groups (broad SMARTS) is 1. The number of hydrogen-bond acceptors (Lipinski definition) is 3. The Morgan fingerprint density at radius 2 is 1.79 bits per heavy atom. The van der Waals surface area contributed by atoms with Gasteiger partial charge < -0.3 is 20.1 Å². The first-order valence-electron chi connectivity index (χ1n) is 7.10. The first kappa shape index (κ1) is 19.8. The minimum absolute atomic E-state index is 0.0939. The van der Waals surface area contributed by atoms with Crippen molar-refractivity contribution in [1.29, 1.82) is 0 Å². The van der Waals surface area contributed by atoms with Crippen molar-refractivity contribution < 1.29 is 32.6 Å². The maximum absolute atomic E-state index is 12.0. The van der Waals surface area contributed by atoms with Gasteiger partial charge in [0.1, 0.15) is 6.61 Å². The van der Waals surface area contributed by atoms with Gasteiger partial charge in [0.25, 0.3) is 0 Å². The summed E-state index contributed by atoms with van der Waals surface area (Å²) in [7, 11) is 1.49. The van der Waals surface area contributed by atoms with E-state index in [0.717, 1.165) is 5.56 Å². The second kappa shape index (κ2) is 9.11. The number of nitrogens with zero attached hydrogens (tertiary/aromatic N) is 1. The van der Waals surface area contributed by atoms with Crippen LogP contribution < -0.4 is 5.32 Å². The van der Waals surface area contributed by atoms with E-state index in [1.807, 2.05) is 0 Å². The molecule has 2 amide bonds. The van der Waals surface area contributed by atoms with E-state index in [-0.39, 0.29) is 26.1 Å². The number of amides is 2. The summed E-state index contributed by atoms with van der Waals surface area (Å²) in [5.74, 6) is -0.988. The summed E-state index contributed by atoms with van der Waals surface area (Å²) in [6, 6.07) is 6.17. The number of hydrogen-bond donors (Lipinski definition) is 2. The van der Waals surface area contributed by atoms with Crippen LogP contribution in [0.1, 0.15) is 17.5 Å². The average molecular weight is 348 g/mol. The zero-order chi connectivity index (χ0) is 18.2. The molecule has 0 aliphatic heterocycles. The molecule has 24 heavy (non-hydrogen) atoms. The molecule has 0 aliphatic carbocycles. The molecular formula is C15H19F3N2O4. The number of halogens is 3. The third-order valence-electron chi connectivity index (χ3n) is 3.01.